The lowest BCUT2D eigenvalue weighted by atomic mass is 10.1. The number of furan rings is 1. The van der Waals surface area contributed by atoms with Gasteiger partial charge in [-0.05, 0) is 29.8 Å². The van der Waals surface area contributed by atoms with Gasteiger partial charge in [-0.2, -0.15) is 0 Å². The van der Waals surface area contributed by atoms with E-state index in [1.54, 1.807) is 24.3 Å². The fourth-order valence-corrected chi connectivity index (χ4v) is 3.54. The van der Waals surface area contributed by atoms with Gasteiger partial charge in [0.2, 0.25) is 5.76 Å². The Morgan fingerprint density at radius 3 is 2.69 bits per heavy atom. The third-order valence-electron chi connectivity index (χ3n) is 4.81. The molecule has 0 unspecified atom stereocenters. The van der Waals surface area contributed by atoms with Gasteiger partial charge in [0, 0.05) is 41.7 Å². The van der Waals surface area contributed by atoms with Crippen LogP contribution in [-0.2, 0) is 11.3 Å². The van der Waals surface area contributed by atoms with E-state index in [0.29, 0.717) is 34.8 Å². The monoisotopic (exact) mass is 413 g/mol. The first-order valence-electron chi connectivity index (χ1n) is 9.23. The van der Waals surface area contributed by atoms with Crippen LogP contribution in [0.1, 0.15) is 26.5 Å². The van der Waals surface area contributed by atoms with Crippen LogP contribution < -0.4 is 11.1 Å². The van der Waals surface area contributed by atoms with Crippen molar-refractivity contribution < 1.29 is 18.7 Å². The average molecular weight is 414 g/mol. The lowest BCUT2D eigenvalue weighted by Crippen LogP contribution is -2.35. The second-order valence-electron chi connectivity index (χ2n) is 6.85. The van der Waals surface area contributed by atoms with Gasteiger partial charge in [-0.25, -0.2) is 0 Å². The van der Waals surface area contributed by atoms with Crippen LogP contribution in [0.15, 0.2) is 46.9 Å². The summed E-state index contributed by atoms with van der Waals surface area (Å²) < 4.78 is 10.9. The molecule has 0 aliphatic carbocycles. The lowest BCUT2D eigenvalue weighted by molar-refractivity contribution is 0.0342. The zero-order valence-electron chi connectivity index (χ0n) is 15.6. The molecule has 2 aromatic carbocycles. The Balaban J connectivity index is 1.59. The van der Waals surface area contributed by atoms with Gasteiger partial charge in [-0.15, -0.1) is 0 Å². The third-order valence-corrected chi connectivity index (χ3v) is 5.05. The number of hydrogen-bond donors (Lipinski definition) is 2. The molecule has 1 aliphatic rings. The standard InChI is InChI=1S/C21H20ClN3O4/c22-15-4-5-16-17(11-15)29-19(20(23)26)18(16)24-21(27)14-3-1-2-13(10-14)12-25-6-8-28-9-7-25/h1-5,10-11H,6-9,12H2,(H2,23,26)(H,24,27). The second kappa shape index (κ2) is 8.24. The Labute approximate surface area is 172 Å². The van der Waals surface area contributed by atoms with Crippen molar-refractivity contribution in [1.82, 2.24) is 4.90 Å². The summed E-state index contributed by atoms with van der Waals surface area (Å²) in [6, 6.07) is 12.3. The minimum absolute atomic E-state index is 0.111. The minimum Gasteiger partial charge on any atom is -0.449 e. The van der Waals surface area contributed by atoms with E-state index in [9.17, 15) is 9.59 Å². The molecule has 0 spiro atoms. The number of amides is 2. The fraction of sp³-hybridized carbons (Fsp3) is 0.238. The summed E-state index contributed by atoms with van der Waals surface area (Å²) in [7, 11) is 0. The maximum Gasteiger partial charge on any atom is 0.286 e. The highest BCUT2D eigenvalue weighted by atomic mass is 35.5. The molecule has 0 bridgehead atoms. The number of primary amides is 1. The predicted molar refractivity (Wildman–Crippen MR) is 110 cm³/mol. The molecule has 29 heavy (non-hydrogen) atoms. The number of hydrogen-bond acceptors (Lipinski definition) is 5. The summed E-state index contributed by atoms with van der Waals surface area (Å²) in [4.78, 5) is 27.0. The number of morpholine rings is 1. The average Bonchev–Trinajstić information content (AvgIpc) is 3.06. The van der Waals surface area contributed by atoms with Crippen molar-refractivity contribution in [3.63, 3.8) is 0 Å². The number of anilines is 1. The minimum atomic E-state index is -0.770. The number of nitrogens with zero attached hydrogens (tertiary/aromatic N) is 1. The van der Waals surface area contributed by atoms with Crippen molar-refractivity contribution in [3.05, 3.63) is 64.4 Å². The van der Waals surface area contributed by atoms with Gasteiger partial charge in [0.25, 0.3) is 11.8 Å². The number of ether oxygens (including phenoxy) is 1. The van der Waals surface area contributed by atoms with Gasteiger partial charge in [0.15, 0.2) is 0 Å². The molecule has 1 aromatic heterocycles. The number of halogens is 1. The number of carbonyl (C=O) groups is 2. The first-order valence-corrected chi connectivity index (χ1v) is 9.61. The summed E-state index contributed by atoms with van der Waals surface area (Å²) >= 11 is 5.98. The second-order valence-corrected chi connectivity index (χ2v) is 7.29. The zero-order chi connectivity index (χ0) is 20.4. The predicted octanol–water partition coefficient (Wildman–Crippen LogP) is 3.27. The van der Waals surface area contributed by atoms with Gasteiger partial charge in [-0.1, -0.05) is 23.7 Å². The van der Waals surface area contributed by atoms with E-state index in [1.807, 2.05) is 18.2 Å². The Morgan fingerprint density at radius 1 is 1.14 bits per heavy atom. The van der Waals surface area contributed by atoms with Crippen LogP contribution in [-0.4, -0.2) is 43.0 Å². The van der Waals surface area contributed by atoms with Crippen molar-refractivity contribution >= 4 is 40.1 Å². The van der Waals surface area contributed by atoms with Gasteiger partial charge in [0.1, 0.15) is 11.3 Å². The van der Waals surface area contributed by atoms with E-state index >= 15 is 0 Å². The summed E-state index contributed by atoms with van der Waals surface area (Å²) in [6.45, 7) is 3.90. The molecule has 0 radical (unpaired) electrons. The zero-order valence-corrected chi connectivity index (χ0v) is 16.4. The lowest BCUT2D eigenvalue weighted by Gasteiger charge is -2.26. The molecule has 1 saturated heterocycles. The van der Waals surface area contributed by atoms with Crippen LogP contribution in [0.4, 0.5) is 5.69 Å². The Hall–Kier alpha value is -2.87. The Kier molecular flexibility index (Phi) is 5.53. The molecule has 2 amide bonds. The number of carbonyl (C=O) groups excluding carboxylic acids is 2. The van der Waals surface area contributed by atoms with Crippen LogP contribution >= 0.6 is 11.6 Å². The third kappa shape index (κ3) is 4.27. The molecule has 0 saturated carbocycles. The van der Waals surface area contributed by atoms with Crippen molar-refractivity contribution in [1.29, 1.82) is 0 Å². The number of rotatable bonds is 5. The summed E-state index contributed by atoms with van der Waals surface area (Å²) in [5.41, 5.74) is 7.55. The number of benzene rings is 2. The Bertz CT molecular complexity index is 1070. The molecule has 3 N–H and O–H groups in total. The van der Waals surface area contributed by atoms with Crippen molar-refractivity contribution in [2.45, 2.75) is 6.54 Å². The van der Waals surface area contributed by atoms with Crippen molar-refractivity contribution in [2.75, 3.05) is 31.6 Å². The van der Waals surface area contributed by atoms with Crippen molar-refractivity contribution in [2.24, 2.45) is 5.73 Å². The maximum atomic E-state index is 12.9. The molecule has 7 nitrogen and oxygen atoms in total. The molecule has 2 heterocycles. The maximum absolute atomic E-state index is 12.9. The van der Waals surface area contributed by atoms with Gasteiger partial charge in [-0.3, -0.25) is 14.5 Å². The smallest absolute Gasteiger partial charge is 0.286 e. The quantitative estimate of drug-likeness (QED) is 0.669. The normalized spacial score (nSPS) is 14.8. The molecule has 3 aromatic rings. The van der Waals surface area contributed by atoms with Crippen LogP contribution in [0.3, 0.4) is 0 Å². The van der Waals surface area contributed by atoms with Crippen molar-refractivity contribution in [3.8, 4) is 0 Å². The number of fused-ring (bicyclic) bond motifs is 1. The highest BCUT2D eigenvalue weighted by molar-refractivity contribution is 6.31. The molecule has 8 heteroatoms. The molecule has 4 rings (SSSR count). The van der Waals surface area contributed by atoms with Crippen LogP contribution in [0.2, 0.25) is 5.02 Å². The summed E-state index contributed by atoms with van der Waals surface area (Å²) in [5, 5.41) is 3.78. The molecule has 0 atom stereocenters. The Morgan fingerprint density at radius 2 is 1.93 bits per heavy atom. The highest BCUT2D eigenvalue weighted by Gasteiger charge is 2.21. The van der Waals surface area contributed by atoms with Gasteiger partial charge in [0.05, 0.1) is 13.2 Å². The highest BCUT2D eigenvalue weighted by Crippen LogP contribution is 2.33. The SMILES string of the molecule is NC(=O)c1oc2cc(Cl)ccc2c1NC(=O)c1cccc(CN2CCOCC2)c1. The summed E-state index contributed by atoms with van der Waals surface area (Å²) in [5.74, 6) is -1.23. The van der Waals surface area contributed by atoms with E-state index in [2.05, 4.69) is 10.2 Å². The van der Waals surface area contributed by atoms with E-state index < -0.39 is 5.91 Å². The molecular weight excluding hydrogens is 394 g/mol. The van der Waals surface area contributed by atoms with Gasteiger partial charge < -0.3 is 20.2 Å². The van der Waals surface area contributed by atoms with E-state index in [1.165, 1.54) is 0 Å². The number of nitrogens with two attached hydrogens (primary N) is 1. The van der Waals surface area contributed by atoms with E-state index in [4.69, 9.17) is 26.5 Å². The molecule has 1 fully saturated rings. The molecule has 150 valence electrons. The molecule has 1 aliphatic heterocycles. The summed E-state index contributed by atoms with van der Waals surface area (Å²) in [6.07, 6.45) is 0. The first-order chi connectivity index (χ1) is 14.0. The van der Waals surface area contributed by atoms with Crippen LogP contribution in [0.5, 0.6) is 0 Å². The fourth-order valence-electron chi connectivity index (χ4n) is 3.38. The van der Waals surface area contributed by atoms with Gasteiger partial charge >= 0.3 is 0 Å². The van der Waals surface area contributed by atoms with Crippen LogP contribution in [0.25, 0.3) is 11.0 Å². The van der Waals surface area contributed by atoms with E-state index in [0.717, 1.165) is 25.2 Å². The van der Waals surface area contributed by atoms with E-state index in [-0.39, 0.29) is 17.4 Å². The topological polar surface area (TPSA) is 97.8 Å². The first kappa shape index (κ1) is 19.4. The number of nitrogens with one attached hydrogen (secondary N) is 1. The van der Waals surface area contributed by atoms with Crippen LogP contribution in [0, 0.1) is 0 Å². The largest absolute Gasteiger partial charge is 0.449 e. The molecular formula is C21H20ClN3O4.